The Morgan fingerprint density at radius 3 is 0.833 bits per heavy atom. The Kier molecular flexibility index (Phi) is 16.4. The summed E-state index contributed by atoms with van der Waals surface area (Å²) in [6.45, 7) is 27.5. The molecule has 7 heterocycles. The van der Waals surface area contributed by atoms with E-state index in [1.807, 2.05) is 0 Å². The van der Waals surface area contributed by atoms with E-state index < -0.39 is 6.71 Å². The predicted octanol–water partition coefficient (Wildman–Crippen LogP) is 30.5. The van der Waals surface area contributed by atoms with Crippen LogP contribution in [-0.2, 0) is 21.7 Å². The third kappa shape index (κ3) is 11.4. The minimum Gasteiger partial charge on any atom is -0.456 e. The van der Waals surface area contributed by atoms with Gasteiger partial charge in [0, 0.05) is 122 Å². The summed E-state index contributed by atoms with van der Waals surface area (Å²) in [4.78, 5) is 5.50. The molecule has 8 heteroatoms. The molecule has 0 bridgehead atoms. The van der Waals surface area contributed by atoms with Crippen LogP contribution in [0, 0.1) is 0 Å². The maximum absolute atomic E-state index is 7.79. The van der Waals surface area contributed by atoms with Gasteiger partial charge >= 0.3 is 0 Å². The highest BCUT2D eigenvalue weighted by atomic mass is 16.5. The zero-order valence-corrected chi connectivity index (χ0v) is 73.1. The number of aromatic nitrogens is 3. The molecular formula is C118H94BN5O2. The number of hydrogen-bond acceptors (Lipinski definition) is 4. The Balaban J connectivity index is 0.962. The molecule has 4 aliphatic rings. The fourth-order valence-corrected chi connectivity index (χ4v) is 21.2. The number of benzene rings is 17. The Morgan fingerprint density at radius 2 is 0.492 bits per heavy atom. The Labute approximate surface area is 736 Å². The highest BCUT2D eigenvalue weighted by Gasteiger charge is 2.49. The van der Waals surface area contributed by atoms with Gasteiger partial charge in [0.05, 0.1) is 50.2 Å². The summed E-state index contributed by atoms with van der Waals surface area (Å²) in [7, 11) is 0. The summed E-state index contributed by atoms with van der Waals surface area (Å²) < 4.78 is 23.3. The second-order valence-electron chi connectivity index (χ2n) is 39.2. The molecule has 7 nitrogen and oxygen atoms in total. The van der Waals surface area contributed by atoms with E-state index in [2.05, 4.69) is 458 Å². The summed E-state index contributed by atoms with van der Waals surface area (Å²) >= 11 is 0. The van der Waals surface area contributed by atoms with Gasteiger partial charge in [-0.25, -0.2) is 0 Å². The fourth-order valence-electron chi connectivity index (χ4n) is 21.2. The lowest BCUT2D eigenvalue weighted by Gasteiger charge is -2.47. The zero-order valence-electron chi connectivity index (χ0n) is 73.1. The van der Waals surface area contributed by atoms with Crippen molar-refractivity contribution in [2.45, 2.75) is 105 Å². The topological polar surface area (TPSA) is 39.7 Å². The number of rotatable bonds is 5. The quantitative estimate of drug-likeness (QED) is 0.161. The van der Waals surface area contributed by atoms with Crippen LogP contribution in [0.4, 0.5) is 34.1 Å². The van der Waals surface area contributed by atoms with Crippen molar-refractivity contribution in [1.82, 2.24) is 13.7 Å². The number of nitrogens with zero attached hydrogens (tertiary/aromatic N) is 5. The van der Waals surface area contributed by atoms with Crippen molar-refractivity contribution in [2.75, 3.05) is 9.80 Å². The molecule has 17 aromatic carbocycles. The number of ether oxygens (including phenoxy) is 2. The van der Waals surface area contributed by atoms with Crippen molar-refractivity contribution >= 4 is 123 Å². The first-order valence-electron chi connectivity index (χ1n) is 44.5. The molecule has 126 heavy (non-hydrogen) atoms. The highest BCUT2D eigenvalue weighted by molar-refractivity contribution is 7.00. The van der Waals surface area contributed by atoms with E-state index in [9.17, 15) is 0 Å². The average molecular weight is 1620 g/mol. The molecule has 606 valence electrons. The molecular weight excluding hydrogens is 1530 g/mol. The standard InChI is InChI=1S/C118H94BN5O2/c1-115(2,3)73-53-57-100-90(61-73)91-62-74(116(4,5)6)54-58-101(91)120(100)77-65-94-86-41-23-29-51-108(86)125-106-49-27-21-39-84(106)88-45-31-43-80(71-33-15-13-16-34-71)111(88)123-104-69-79(122-98-47-25-19-37-82(98)83-38-20-26-48-99(83)122)70-105-110(104)119(96(67-77)113(94)123)97-68-78(121-102-59-55-75(117(7,8)9)63-92(102)93-64-76(118(10,11)12)56-60-103(93)121)66-95-87-42-24-30-52-109(87)126-107-50-28-22-40-85(107)89-46-32-44-81(72-35-17-14-18-36-72)112(89)124(105)114(95)97/h13-70H,1-12H3. The van der Waals surface area contributed by atoms with E-state index in [1.54, 1.807) is 0 Å². The first-order chi connectivity index (χ1) is 61.1. The van der Waals surface area contributed by atoms with Gasteiger partial charge in [0.1, 0.15) is 23.0 Å². The highest BCUT2D eigenvalue weighted by Crippen LogP contribution is 2.61. The average Bonchev–Trinajstić information content (AvgIpc) is 0.897. The molecule has 0 atom stereocenters. The molecule has 0 N–H and O–H groups in total. The molecule has 20 aromatic rings. The number of para-hydroxylation sites is 8. The smallest absolute Gasteiger partial charge is 0.252 e. The van der Waals surface area contributed by atoms with Crippen LogP contribution in [0.5, 0.6) is 23.0 Å². The normalized spacial score (nSPS) is 13.3. The van der Waals surface area contributed by atoms with Gasteiger partial charge in [0.25, 0.3) is 6.71 Å². The molecule has 0 fully saturated rings. The second kappa shape index (κ2) is 27.5. The van der Waals surface area contributed by atoms with E-state index in [1.165, 1.54) is 54.6 Å². The van der Waals surface area contributed by atoms with Crippen LogP contribution in [0.25, 0.3) is 149 Å². The molecule has 24 rings (SSSR count). The monoisotopic (exact) mass is 1620 g/mol. The van der Waals surface area contributed by atoms with E-state index in [-0.39, 0.29) is 21.7 Å². The summed E-state index contributed by atoms with van der Waals surface area (Å²) in [6, 6.07) is 134. The van der Waals surface area contributed by atoms with E-state index in [0.29, 0.717) is 0 Å². The van der Waals surface area contributed by atoms with Crippen molar-refractivity contribution in [1.29, 1.82) is 0 Å². The van der Waals surface area contributed by atoms with Crippen LogP contribution in [0.3, 0.4) is 0 Å². The molecule has 0 spiro atoms. The van der Waals surface area contributed by atoms with Gasteiger partial charge in [-0.15, -0.1) is 0 Å². The third-order valence-corrected chi connectivity index (χ3v) is 27.4. The molecule has 0 radical (unpaired) electrons. The SMILES string of the molecule is CC(C)(C)c1ccc2c(c1)c1cc(C(C)(C)C)ccc1n2-c1cc2c3c(c1)-c1ccccc1Oc1ccccc1-c1cccc(-c4ccccc4)c1N3c1cc(-n3c4ccccc4c4ccccc43)cc3c1B2c1cc(-n2c4ccc(C(C)(C)C)cc4c4cc(C(C)(C)C)ccc42)cc2c1N3c1c(-c3ccccc3)cccc1-c1ccccc1Oc1ccccc1-2. The van der Waals surface area contributed by atoms with Crippen molar-refractivity contribution in [3.8, 4) is 107 Å². The van der Waals surface area contributed by atoms with Crippen LogP contribution in [-0.4, -0.2) is 20.4 Å². The minimum atomic E-state index is -0.551. The minimum absolute atomic E-state index is 0.137. The van der Waals surface area contributed by atoms with Crippen molar-refractivity contribution in [3.05, 3.63) is 374 Å². The van der Waals surface area contributed by atoms with Gasteiger partial charge < -0.3 is 33.0 Å². The lowest BCUT2D eigenvalue weighted by atomic mass is 9.33. The van der Waals surface area contributed by atoms with Crippen molar-refractivity contribution in [3.63, 3.8) is 0 Å². The van der Waals surface area contributed by atoms with E-state index in [0.717, 1.165) is 190 Å². The lowest BCUT2D eigenvalue weighted by Crippen LogP contribution is -2.62. The molecule has 0 saturated heterocycles. The summed E-state index contributed by atoms with van der Waals surface area (Å²) in [5.41, 5.74) is 36.2. The van der Waals surface area contributed by atoms with Gasteiger partial charge in [-0.05, 0) is 193 Å². The maximum Gasteiger partial charge on any atom is 0.252 e. The van der Waals surface area contributed by atoms with Crippen molar-refractivity contribution < 1.29 is 9.47 Å². The third-order valence-electron chi connectivity index (χ3n) is 27.4. The summed E-state index contributed by atoms with van der Waals surface area (Å²) in [5.74, 6) is 3.00. The summed E-state index contributed by atoms with van der Waals surface area (Å²) in [5, 5.41) is 7.21. The fraction of sp³-hybridized carbons (Fsp3) is 0.136. The zero-order chi connectivity index (χ0) is 85.3. The number of hydrogen-bond donors (Lipinski definition) is 0. The van der Waals surface area contributed by atoms with Gasteiger partial charge in [-0.1, -0.05) is 314 Å². The van der Waals surface area contributed by atoms with Gasteiger partial charge in [0.15, 0.2) is 0 Å². The van der Waals surface area contributed by atoms with Gasteiger partial charge in [-0.2, -0.15) is 0 Å². The van der Waals surface area contributed by atoms with Crippen LogP contribution >= 0.6 is 0 Å². The largest absolute Gasteiger partial charge is 0.456 e. The Bertz CT molecular complexity index is 7420. The van der Waals surface area contributed by atoms with Crippen molar-refractivity contribution in [2.24, 2.45) is 0 Å². The number of anilines is 6. The predicted molar refractivity (Wildman–Crippen MR) is 531 cm³/mol. The van der Waals surface area contributed by atoms with E-state index >= 15 is 0 Å². The molecule has 3 aromatic heterocycles. The van der Waals surface area contributed by atoms with Crippen LogP contribution < -0.4 is 35.7 Å². The maximum atomic E-state index is 7.79. The lowest BCUT2D eigenvalue weighted by molar-refractivity contribution is 0.486. The number of fused-ring (bicyclic) bond motifs is 25. The Morgan fingerprint density at radius 1 is 0.214 bits per heavy atom. The molecule has 0 amide bonds. The van der Waals surface area contributed by atoms with E-state index in [4.69, 9.17) is 9.47 Å². The van der Waals surface area contributed by atoms with Gasteiger partial charge in [-0.3, -0.25) is 0 Å². The molecule has 0 unspecified atom stereocenters. The first kappa shape index (κ1) is 75.2. The Hall–Kier alpha value is -14.6. The van der Waals surface area contributed by atoms with Crippen LogP contribution in [0.15, 0.2) is 352 Å². The van der Waals surface area contributed by atoms with Crippen LogP contribution in [0.1, 0.15) is 105 Å². The second-order valence-corrected chi connectivity index (χ2v) is 39.2. The molecule has 0 saturated carbocycles. The molecule has 4 aliphatic heterocycles. The first-order valence-corrected chi connectivity index (χ1v) is 44.5. The molecule has 0 aliphatic carbocycles. The van der Waals surface area contributed by atoms with Crippen LogP contribution in [0.2, 0.25) is 0 Å². The van der Waals surface area contributed by atoms with Gasteiger partial charge in [0.2, 0.25) is 0 Å². The summed E-state index contributed by atoms with van der Waals surface area (Å²) in [6.07, 6.45) is 0.